The van der Waals surface area contributed by atoms with Gasteiger partial charge in [-0.15, -0.1) is 11.3 Å². The van der Waals surface area contributed by atoms with E-state index in [4.69, 9.17) is 10.5 Å². The van der Waals surface area contributed by atoms with E-state index in [1.54, 1.807) is 18.4 Å². The molecule has 5 nitrogen and oxygen atoms in total. The van der Waals surface area contributed by atoms with Crippen molar-refractivity contribution in [3.63, 3.8) is 0 Å². The zero-order valence-corrected chi connectivity index (χ0v) is 14.3. The van der Waals surface area contributed by atoms with Crippen molar-refractivity contribution >= 4 is 33.7 Å². The van der Waals surface area contributed by atoms with Crippen LogP contribution in [-0.4, -0.2) is 28.6 Å². The van der Waals surface area contributed by atoms with Crippen LogP contribution in [0.15, 0.2) is 5.38 Å². The van der Waals surface area contributed by atoms with Crippen molar-refractivity contribution < 1.29 is 4.74 Å². The average Bonchev–Trinajstić information content (AvgIpc) is 3.00. The molecule has 0 bridgehead atoms. The van der Waals surface area contributed by atoms with Gasteiger partial charge < -0.3 is 15.8 Å². The Balaban J connectivity index is 1.85. The van der Waals surface area contributed by atoms with Gasteiger partial charge in [-0.2, -0.15) is 4.37 Å². The maximum Gasteiger partial charge on any atom is 0.148 e. The van der Waals surface area contributed by atoms with Crippen molar-refractivity contribution in [3.8, 4) is 11.3 Å². The number of ether oxygens (including phenoxy) is 1. The van der Waals surface area contributed by atoms with Crippen molar-refractivity contribution in [2.75, 3.05) is 18.2 Å². The number of hydrogen-bond acceptors (Lipinski definition) is 7. The first-order chi connectivity index (χ1) is 9.93. The van der Waals surface area contributed by atoms with E-state index in [2.05, 4.69) is 28.5 Å². The standard InChI is InChI=1S/C14H20N4OS2/c1-7-16-8(6-20-7)11-12(15)18-21-13(11)17-9-5-10(19-4)14(9,2)3/h6,9-10,17H,5H2,1-4H3,(H2,15,18). The summed E-state index contributed by atoms with van der Waals surface area (Å²) in [6, 6.07) is 0.362. The Morgan fingerprint density at radius 3 is 2.81 bits per heavy atom. The summed E-state index contributed by atoms with van der Waals surface area (Å²) in [6.07, 6.45) is 1.29. The topological polar surface area (TPSA) is 73.1 Å². The second-order valence-corrected chi connectivity index (χ2v) is 7.84. The van der Waals surface area contributed by atoms with Gasteiger partial charge >= 0.3 is 0 Å². The molecule has 0 aliphatic heterocycles. The lowest BCUT2D eigenvalue weighted by Gasteiger charge is -2.51. The van der Waals surface area contributed by atoms with Crippen molar-refractivity contribution in [1.82, 2.24) is 9.36 Å². The number of nitrogens with two attached hydrogens (primary N) is 1. The molecule has 2 heterocycles. The summed E-state index contributed by atoms with van der Waals surface area (Å²) in [4.78, 5) is 4.53. The normalized spacial score (nSPS) is 23.8. The molecule has 3 N–H and O–H groups in total. The van der Waals surface area contributed by atoms with E-state index >= 15 is 0 Å². The maximum atomic E-state index is 6.04. The lowest BCUT2D eigenvalue weighted by molar-refractivity contribution is -0.0793. The quantitative estimate of drug-likeness (QED) is 0.902. The van der Waals surface area contributed by atoms with Crippen LogP contribution >= 0.6 is 22.9 Å². The van der Waals surface area contributed by atoms with E-state index in [0.29, 0.717) is 18.0 Å². The summed E-state index contributed by atoms with van der Waals surface area (Å²) in [5.41, 5.74) is 7.98. The SMILES string of the molecule is COC1CC(Nc2snc(N)c2-c2csc(C)n2)C1(C)C. The van der Waals surface area contributed by atoms with E-state index < -0.39 is 0 Å². The van der Waals surface area contributed by atoms with Crippen LogP contribution in [0.2, 0.25) is 0 Å². The highest BCUT2D eigenvalue weighted by Gasteiger charge is 2.49. The third-order valence-corrected chi connectivity index (χ3v) is 5.93. The van der Waals surface area contributed by atoms with E-state index in [0.717, 1.165) is 27.7 Å². The average molecular weight is 324 g/mol. The largest absolute Gasteiger partial charge is 0.382 e. The molecule has 2 atom stereocenters. The Bertz CT molecular complexity index is 649. The Hall–Kier alpha value is -1.18. The predicted octanol–water partition coefficient (Wildman–Crippen LogP) is 3.38. The lowest BCUT2D eigenvalue weighted by atomic mass is 9.64. The highest BCUT2D eigenvalue weighted by molar-refractivity contribution is 7.11. The van der Waals surface area contributed by atoms with Gasteiger partial charge in [0.25, 0.3) is 0 Å². The van der Waals surface area contributed by atoms with Gasteiger partial charge in [0, 0.05) is 23.9 Å². The highest BCUT2D eigenvalue weighted by Crippen LogP contribution is 2.46. The van der Waals surface area contributed by atoms with Crippen molar-refractivity contribution in [3.05, 3.63) is 10.4 Å². The van der Waals surface area contributed by atoms with Crippen LogP contribution < -0.4 is 11.1 Å². The monoisotopic (exact) mass is 324 g/mol. The second-order valence-electron chi connectivity index (χ2n) is 6.00. The third-order valence-electron chi connectivity index (χ3n) is 4.36. The van der Waals surface area contributed by atoms with Gasteiger partial charge in [0.05, 0.1) is 22.4 Å². The highest BCUT2D eigenvalue weighted by atomic mass is 32.1. The molecule has 2 aromatic heterocycles. The van der Waals surface area contributed by atoms with Gasteiger partial charge in [0.15, 0.2) is 0 Å². The Morgan fingerprint density at radius 2 is 2.24 bits per heavy atom. The van der Waals surface area contributed by atoms with E-state index in [-0.39, 0.29) is 5.41 Å². The minimum absolute atomic E-state index is 0.1000. The van der Waals surface area contributed by atoms with Crippen molar-refractivity contribution in [2.45, 2.75) is 39.3 Å². The fourth-order valence-electron chi connectivity index (χ4n) is 2.82. The number of nitrogens with one attached hydrogen (secondary N) is 1. The summed E-state index contributed by atoms with van der Waals surface area (Å²) in [5.74, 6) is 0.549. The molecule has 0 aromatic carbocycles. The van der Waals surface area contributed by atoms with Crippen LogP contribution in [-0.2, 0) is 4.74 Å². The smallest absolute Gasteiger partial charge is 0.148 e. The number of nitrogens with zero attached hydrogens (tertiary/aromatic N) is 2. The van der Waals surface area contributed by atoms with Crippen LogP contribution in [0.4, 0.5) is 10.8 Å². The molecule has 1 saturated carbocycles. The number of rotatable bonds is 4. The number of anilines is 2. The van der Waals surface area contributed by atoms with Gasteiger partial charge in [-0.05, 0) is 24.9 Å². The summed E-state index contributed by atoms with van der Waals surface area (Å²) in [5, 5.41) is 7.66. The molecule has 21 heavy (non-hydrogen) atoms. The van der Waals surface area contributed by atoms with Crippen LogP contribution in [0, 0.1) is 12.3 Å². The second kappa shape index (κ2) is 5.23. The summed E-state index contributed by atoms with van der Waals surface area (Å²) < 4.78 is 9.80. The lowest BCUT2D eigenvalue weighted by Crippen LogP contribution is -2.57. The van der Waals surface area contributed by atoms with E-state index in [1.165, 1.54) is 11.5 Å². The van der Waals surface area contributed by atoms with Crippen molar-refractivity contribution in [1.29, 1.82) is 0 Å². The first-order valence-corrected chi connectivity index (χ1v) is 8.55. The predicted molar refractivity (Wildman–Crippen MR) is 89.0 cm³/mol. The van der Waals surface area contributed by atoms with Gasteiger partial charge in [-0.3, -0.25) is 0 Å². The van der Waals surface area contributed by atoms with E-state index in [9.17, 15) is 0 Å². The molecular weight excluding hydrogens is 304 g/mol. The minimum atomic E-state index is 0.1000. The molecule has 0 radical (unpaired) electrons. The fourth-order valence-corrected chi connectivity index (χ4v) is 4.20. The zero-order valence-electron chi connectivity index (χ0n) is 12.6. The molecule has 7 heteroatoms. The van der Waals surface area contributed by atoms with Gasteiger partial charge in [0.2, 0.25) is 0 Å². The van der Waals surface area contributed by atoms with Crippen molar-refractivity contribution in [2.24, 2.45) is 5.41 Å². The number of aromatic nitrogens is 2. The molecule has 3 rings (SSSR count). The van der Waals surface area contributed by atoms with Gasteiger partial charge in [-0.1, -0.05) is 13.8 Å². The molecule has 2 unspecified atom stereocenters. The minimum Gasteiger partial charge on any atom is -0.382 e. The molecular formula is C14H20N4OS2. The molecule has 1 aliphatic carbocycles. The third kappa shape index (κ3) is 2.43. The summed E-state index contributed by atoms with van der Waals surface area (Å²) in [6.45, 7) is 6.44. The summed E-state index contributed by atoms with van der Waals surface area (Å²) >= 11 is 3.03. The number of thiazole rings is 1. The summed E-state index contributed by atoms with van der Waals surface area (Å²) in [7, 11) is 1.77. The number of aryl methyl sites for hydroxylation is 1. The number of nitrogen functional groups attached to an aromatic ring is 1. The first-order valence-electron chi connectivity index (χ1n) is 6.90. The molecule has 114 valence electrons. The molecule has 1 aliphatic rings. The Labute approximate surface area is 132 Å². The fraction of sp³-hybridized carbons (Fsp3) is 0.571. The maximum absolute atomic E-state index is 6.04. The zero-order chi connectivity index (χ0) is 15.2. The van der Waals surface area contributed by atoms with Gasteiger partial charge in [0.1, 0.15) is 10.8 Å². The first kappa shape index (κ1) is 14.7. The molecule has 0 saturated heterocycles. The molecule has 0 spiro atoms. The molecule has 2 aromatic rings. The van der Waals surface area contributed by atoms with Gasteiger partial charge in [-0.25, -0.2) is 4.98 Å². The van der Waals surface area contributed by atoms with Crippen LogP contribution in [0.5, 0.6) is 0 Å². The number of hydrogen-bond donors (Lipinski definition) is 2. The Kier molecular flexibility index (Phi) is 3.67. The Morgan fingerprint density at radius 1 is 1.48 bits per heavy atom. The van der Waals surface area contributed by atoms with E-state index in [1.807, 2.05) is 12.3 Å². The number of methoxy groups -OCH3 is 1. The van der Waals surface area contributed by atoms with Crippen LogP contribution in [0.1, 0.15) is 25.3 Å². The van der Waals surface area contributed by atoms with Crippen LogP contribution in [0.3, 0.4) is 0 Å². The molecule has 0 amide bonds. The van der Waals surface area contributed by atoms with Crippen LogP contribution in [0.25, 0.3) is 11.3 Å². The molecule has 1 fully saturated rings.